The molecule has 2 bridgehead atoms. The van der Waals surface area contributed by atoms with Crippen LogP contribution in [0.25, 0.3) is 0 Å². The van der Waals surface area contributed by atoms with E-state index in [-0.39, 0.29) is 29.4 Å². The second kappa shape index (κ2) is 7.75. The maximum absolute atomic E-state index is 13.2. The Bertz CT molecular complexity index is 967. The number of amides is 1. The van der Waals surface area contributed by atoms with E-state index in [0.717, 1.165) is 24.1 Å². The van der Waals surface area contributed by atoms with E-state index in [2.05, 4.69) is 26.1 Å². The lowest BCUT2D eigenvalue weighted by Crippen LogP contribution is -2.49. The Morgan fingerprint density at radius 2 is 2.06 bits per heavy atom. The van der Waals surface area contributed by atoms with Crippen molar-refractivity contribution in [2.75, 3.05) is 6.54 Å². The number of nitrogens with one attached hydrogen (secondary N) is 1. The minimum absolute atomic E-state index is 0.0198. The van der Waals surface area contributed by atoms with Gasteiger partial charge in [0.2, 0.25) is 0 Å². The highest BCUT2D eigenvalue weighted by Crippen LogP contribution is 2.65. The van der Waals surface area contributed by atoms with Gasteiger partial charge in [0.15, 0.2) is 6.04 Å². The standard InChI is InChI=1S/C25H33ClN2O4/c1-23(2,3)32-22(30)27-13-16(14-8-7-9-15(26)12-14)18-21(29)31-20-19(28-18)17-10-11-25(20,6)24(17,4)5/h7-9,12,16-18,20H,10-11,13H2,1-6H3,(H,27,30)/t16-,17+,18+,20+,25-/m0/s1. The fourth-order valence-electron chi connectivity index (χ4n) is 5.68. The molecular formula is C25H33ClN2O4. The van der Waals surface area contributed by atoms with Crippen molar-refractivity contribution in [2.45, 2.75) is 78.0 Å². The average molecular weight is 461 g/mol. The molecule has 1 aromatic carbocycles. The summed E-state index contributed by atoms with van der Waals surface area (Å²) < 4.78 is 11.5. The number of alkyl carbamates (subject to hydrolysis) is 1. The Labute approximate surface area is 195 Å². The maximum Gasteiger partial charge on any atom is 0.407 e. The van der Waals surface area contributed by atoms with Crippen LogP contribution in [0.1, 0.15) is 65.9 Å². The van der Waals surface area contributed by atoms with Crippen LogP contribution in [0.4, 0.5) is 4.79 Å². The molecule has 0 radical (unpaired) electrons. The van der Waals surface area contributed by atoms with Crippen LogP contribution in [0.15, 0.2) is 29.3 Å². The second-order valence-electron chi connectivity index (χ2n) is 11.1. The molecule has 0 unspecified atom stereocenters. The van der Waals surface area contributed by atoms with Crippen LogP contribution in [-0.2, 0) is 14.3 Å². The highest BCUT2D eigenvalue weighted by atomic mass is 35.5. The fraction of sp³-hybridized carbons (Fsp3) is 0.640. The van der Waals surface area contributed by atoms with E-state index in [1.807, 2.05) is 39.0 Å². The van der Waals surface area contributed by atoms with Crippen LogP contribution in [0, 0.1) is 16.7 Å². The molecule has 2 fully saturated rings. The van der Waals surface area contributed by atoms with E-state index in [0.29, 0.717) is 10.9 Å². The smallest absolute Gasteiger partial charge is 0.407 e. The van der Waals surface area contributed by atoms with E-state index in [1.165, 1.54) is 0 Å². The van der Waals surface area contributed by atoms with Gasteiger partial charge in [-0.25, -0.2) is 9.59 Å². The number of carbonyl (C=O) groups excluding carboxylic acids is 2. The Balaban J connectivity index is 1.66. The zero-order chi connectivity index (χ0) is 23.5. The number of fused-ring (bicyclic) bond motifs is 5. The first-order chi connectivity index (χ1) is 14.8. The summed E-state index contributed by atoms with van der Waals surface area (Å²) in [5.41, 5.74) is 1.13. The van der Waals surface area contributed by atoms with Crippen LogP contribution in [0.2, 0.25) is 5.02 Å². The summed E-state index contributed by atoms with van der Waals surface area (Å²) in [6, 6.07) is 6.59. The molecule has 2 saturated carbocycles. The Morgan fingerprint density at radius 1 is 1.34 bits per heavy atom. The Morgan fingerprint density at radius 3 is 2.72 bits per heavy atom. The van der Waals surface area contributed by atoms with E-state index >= 15 is 0 Å². The lowest BCUT2D eigenvalue weighted by Gasteiger charge is -2.40. The minimum Gasteiger partial charge on any atom is -0.454 e. The molecule has 32 heavy (non-hydrogen) atoms. The number of benzene rings is 1. The van der Waals surface area contributed by atoms with Crippen molar-refractivity contribution < 1.29 is 19.1 Å². The number of rotatable bonds is 4. The first-order valence-electron chi connectivity index (χ1n) is 11.3. The van der Waals surface area contributed by atoms with Gasteiger partial charge in [-0.15, -0.1) is 0 Å². The van der Waals surface area contributed by atoms with Crippen molar-refractivity contribution in [2.24, 2.45) is 21.7 Å². The van der Waals surface area contributed by atoms with Crippen LogP contribution in [-0.4, -0.2) is 42.1 Å². The number of hydrogen-bond acceptors (Lipinski definition) is 5. The zero-order valence-corrected chi connectivity index (χ0v) is 20.5. The molecule has 174 valence electrons. The monoisotopic (exact) mass is 460 g/mol. The molecule has 1 amide bonds. The van der Waals surface area contributed by atoms with Gasteiger partial charge in [0.1, 0.15) is 11.7 Å². The van der Waals surface area contributed by atoms with Gasteiger partial charge in [-0.2, -0.15) is 0 Å². The van der Waals surface area contributed by atoms with Gasteiger partial charge in [0.05, 0.1) is 5.71 Å². The van der Waals surface area contributed by atoms with Crippen LogP contribution < -0.4 is 5.32 Å². The third-order valence-corrected chi connectivity index (χ3v) is 8.02. The summed E-state index contributed by atoms with van der Waals surface area (Å²) in [6.45, 7) is 12.3. The van der Waals surface area contributed by atoms with Crippen LogP contribution in [0.5, 0.6) is 0 Å². The van der Waals surface area contributed by atoms with E-state index in [1.54, 1.807) is 6.07 Å². The number of ether oxygens (including phenoxy) is 2. The summed E-state index contributed by atoms with van der Waals surface area (Å²) in [5, 5.41) is 3.37. The molecule has 1 aromatic rings. The highest BCUT2D eigenvalue weighted by Gasteiger charge is 2.67. The first-order valence-corrected chi connectivity index (χ1v) is 11.7. The lowest BCUT2D eigenvalue weighted by atomic mass is 9.70. The van der Waals surface area contributed by atoms with Crippen molar-refractivity contribution in [3.8, 4) is 0 Å². The Hall–Kier alpha value is -2.08. The summed E-state index contributed by atoms with van der Waals surface area (Å²) in [7, 11) is 0. The second-order valence-corrected chi connectivity index (χ2v) is 11.5. The number of aliphatic imine (C=N–C) groups is 1. The summed E-state index contributed by atoms with van der Waals surface area (Å²) in [6.07, 6.45) is 1.29. The molecular weight excluding hydrogens is 428 g/mol. The van der Waals surface area contributed by atoms with E-state index in [9.17, 15) is 9.59 Å². The van der Waals surface area contributed by atoms with Crippen molar-refractivity contribution >= 4 is 29.4 Å². The minimum atomic E-state index is -0.742. The molecule has 0 aromatic heterocycles. The molecule has 1 aliphatic heterocycles. The molecule has 0 spiro atoms. The van der Waals surface area contributed by atoms with E-state index in [4.69, 9.17) is 26.1 Å². The van der Waals surface area contributed by atoms with Crippen molar-refractivity contribution in [3.05, 3.63) is 34.9 Å². The normalized spacial score (nSPS) is 31.4. The molecule has 1 heterocycles. The molecule has 3 aliphatic rings. The molecule has 4 rings (SSSR count). The third-order valence-electron chi connectivity index (χ3n) is 7.79. The number of nitrogens with zero attached hydrogens (tertiary/aromatic N) is 1. The predicted octanol–water partition coefficient (Wildman–Crippen LogP) is 5.14. The molecule has 7 heteroatoms. The summed E-state index contributed by atoms with van der Waals surface area (Å²) in [5.74, 6) is -0.469. The van der Waals surface area contributed by atoms with Gasteiger partial charge in [-0.05, 0) is 56.7 Å². The number of halogens is 1. The van der Waals surface area contributed by atoms with Crippen molar-refractivity contribution in [1.82, 2.24) is 5.32 Å². The average Bonchev–Trinajstić information content (AvgIpc) is 2.99. The first kappa shape index (κ1) is 23.1. The fourth-order valence-corrected chi connectivity index (χ4v) is 5.88. The van der Waals surface area contributed by atoms with E-state index < -0.39 is 23.7 Å². The van der Waals surface area contributed by atoms with Gasteiger partial charge in [-0.3, -0.25) is 4.99 Å². The van der Waals surface area contributed by atoms with Crippen molar-refractivity contribution in [3.63, 3.8) is 0 Å². The highest BCUT2D eigenvalue weighted by molar-refractivity contribution is 6.30. The number of carbonyl (C=O) groups is 2. The number of hydrogen-bond donors (Lipinski definition) is 1. The van der Waals surface area contributed by atoms with Crippen molar-refractivity contribution in [1.29, 1.82) is 0 Å². The number of esters is 1. The molecule has 1 N–H and O–H groups in total. The zero-order valence-electron chi connectivity index (χ0n) is 19.7. The molecule has 0 saturated heterocycles. The van der Waals surface area contributed by atoms with Crippen LogP contribution in [0.3, 0.4) is 0 Å². The largest absolute Gasteiger partial charge is 0.454 e. The molecule has 6 nitrogen and oxygen atoms in total. The predicted molar refractivity (Wildman–Crippen MR) is 124 cm³/mol. The quantitative estimate of drug-likeness (QED) is 0.631. The SMILES string of the molecule is CC(C)(C)OC(=O)NC[C@@H](c1cccc(Cl)c1)[C@H]1N=C2[C@H]3CC[C@@](C)([C@@H]2OC1=O)C3(C)C. The van der Waals surface area contributed by atoms with Gasteiger partial charge in [0, 0.05) is 28.8 Å². The van der Waals surface area contributed by atoms with Crippen LogP contribution >= 0.6 is 11.6 Å². The Kier molecular flexibility index (Phi) is 5.60. The summed E-state index contributed by atoms with van der Waals surface area (Å²) >= 11 is 6.25. The maximum atomic E-state index is 13.2. The molecule has 2 aliphatic carbocycles. The van der Waals surface area contributed by atoms with Gasteiger partial charge in [0.25, 0.3) is 0 Å². The van der Waals surface area contributed by atoms with Gasteiger partial charge < -0.3 is 14.8 Å². The lowest BCUT2D eigenvalue weighted by molar-refractivity contribution is -0.156. The summed E-state index contributed by atoms with van der Waals surface area (Å²) in [4.78, 5) is 30.6. The van der Waals surface area contributed by atoms with Gasteiger partial charge >= 0.3 is 12.1 Å². The molecule has 5 atom stereocenters. The topological polar surface area (TPSA) is 77.0 Å². The third kappa shape index (κ3) is 3.81. The van der Waals surface area contributed by atoms with Gasteiger partial charge in [-0.1, -0.05) is 44.5 Å².